The Morgan fingerprint density at radius 2 is 1.83 bits per heavy atom. The molecule has 4 heteroatoms. The van der Waals surface area contributed by atoms with Gasteiger partial charge in [0, 0.05) is 13.2 Å². The molecule has 1 heterocycles. The van der Waals surface area contributed by atoms with Gasteiger partial charge >= 0.3 is 0 Å². The minimum absolute atomic E-state index is 0.0382. The highest BCUT2D eigenvalue weighted by molar-refractivity contribution is 7.80. The van der Waals surface area contributed by atoms with Gasteiger partial charge in [0.1, 0.15) is 0 Å². The number of hydrogen-bond donors (Lipinski definition) is 2. The van der Waals surface area contributed by atoms with E-state index in [1.54, 1.807) is 0 Å². The first kappa shape index (κ1) is 16.9. The lowest BCUT2D eigenvalue weighted by molar-refractivity contribution is 0.114. The van der Waals surface area contributed by atoms with Crippen molar-refractivity contribution in [2.24, 2.45) is 0 Å². The van der Waals surface area contributed by atoms with E-state index >= 15 is 0 Å². The lowest BCUT2D eigenvalue weighted by atomic mass is 9.98. The molecule has 3 rings (SSSR count). The fraction of sp³-hybridized carbons (Fsp3) is 0.350. The van der Waals surface area contributed by atoms with Crippen LogP contribution in [0.2, 0.25) is 0 Å². The number of rotatable bonds is 5. The molecule has 1 aliphatic heterocycles. The zero-order valence-electron chi connectivity index (χ0n) is 14.0. The smallest absolute Gasteiger partial charge is 0.167 e. The van der Waals surface area contributed by atoms with Gasteiger partial charge in [-0.15, -0.1) is 0 Å². The Hall–Kier alpha value is -1.91. The topological polar surface area (TPSA) is 33.3 Å². The molecule has 0 bridgehead atoms. The first-order chi connectivity index (χ1) is 11.7. The van der Waals surface area contributed by atoms with Gasteiger partial charge in [-0.3, -0.25) is 0 Å². The molecule has 1 aliphatic rings. The molecule has 1 fully saturated rings. The predicted molar refractivity (Wildman–Crippen MR) is 102 cm³/mol. The summed E-state index contributed by atoms with van der Waals surface area (Å²) in [5.74, 6) is 0. The Balaban J connectivity index is 1.70. The third kappa shape index (κ3) is 4.56. The molecule has 0 saturated carbocycles. The largest absolute Gasteiger partial charge is 0.376 e. The summed E-state index contributed by atoms with van der Waals surface area (Å²) < 4.78 is 5.64. The normalized spacial score (nSPS) is 18.1. The van der Waals surface area contributed by atoms with Gasteiger partial charge in [-0.2, -0.15) is 0 Å². The van der Waals surface area contributed by atoms with Crippen molar-refractivity contribution in [1.29, 1.82) is 0 Å². The maximum absolute atomic E-state index is 5.64. The van der Waals surface area contributed by atoms with E-state index in [1.165, 1.54) is 16.7 Å². The van der Waals surface area contributed by atoms with Crippen LogP contribution in [0.4, 0.5) is 0 Å². The molecule has 3 nitrogen and oxygen atoms in total. The lowest BCUT2D eigenvalue weighted by Crippen LogP contribution is -2.41. The molecule has 2 aromatic rings. The quantitative estimate of drug-likeness (QED) is 0.813. The molecule has 126 valence electrons. The molecular formula is C20H24N2OS. The van der Waals surface area contributed by atoms with Crippen LogP contribution >= 0.6 is 12.2 Å². The van der Waals surface area contributed by atoms with Crippen LogP contribution in [0.25, 0.3) is 0 Å². The summed E-state index contributed by atoms with van der Waals surface area (Å²) in [7, 11) is 0. The molecule has 0 unspecified atom stereocenters. The van der Waals surface area contributed by atoms with Crippen LogP contribution in [0, 0.1) is 6.92 Å². The van der Waals surface area contributed by atoms with Crippen LogP contribution in [-0.2, 0) is 4.74 Å². The maximum Gasteiger partial charge on any atom is 0.167 e. The second-order valence-electron chi connectivity index (χ2n) is 6.24. The zero-order chi connectivity index (χ0) is 16.8. The Labute approximate surface area is 149 Å². The number of hydrogen-bond acceptors (Lipinski definition) is 2. The van der Waals surface area contributed by atoms with Gasteiger partial charge in [0.15, 0.2) is 5.11 Å². The fourth-order valence-corrected chi connectivity index (χ4v) is 3.16. The average Bonchev–Trinajstić information content (AvgIpc) is 3.13. The van der Waals surface area contributed by atoms with Crippen molar-refractivity contribution in [3.63, 3.8) is 0 Å². The molecular weight excluding hydrogens is 316 g/mol. The monoisotopic (exact) mass is 340 g/mol. The van der Waals surface area contributed by atoms with E-state index in [2.05, 4.69) is 66.1 Å². The van der Waals surface area contributed by atoms with Crippen LogP contribution in [0.15, 0.2) is 54.6 Å². The summed E-state index contributed by atoms with van der Waals surface area (Å²) in [6, 6.07) is 19.0. The summed E-state index contributed by atoms with van der Waals surface area (Å²) in [5.41, 5.74) is 3.65. The van der Waals surface area contributed by atoms with Crippen LogP contribution in [-0.4, -0.2) is 24.4 Å². The van der Waals surface area contributed by atoms with E-state index in [0.29, 0.717) is 5.11 Å². The standard InChI is InChI=1S/C20H24N2OS/c1-15-9-11-17(12-10-15)19(16-6-3-2-4-7-16)22-20(24)21-14-18-8-5-13-23-18/h2-4,6-7,9-12,18-19H,5,8,13-14H2,1H3,(H2,21,22,24)/t18-,19-/m0/s1. The lowest BCUT2D eigenvalue weighted by Gasteiger charge is -2.23. The van der Waals surface area contributed by atoms with Crippen molar-refractivity contribution >= 4 is 17.3 Å². The molecule has 0 radical (unpaired) electrons. The molecule has 0 spiro atoms. The summed E-state index contributed by atoms with van der Waals surface area (Å²) in [5, 5.41) is 7.43. The highest BCUT2D eigenvalue weighted by atomic mass is 32.1. The van der Waals surface area contributed by atoms with E-state index in [-0.39, 0.29) is 12.1 Å². The second kappa shape index (κ2) is 8.27. The number of benzene rings is 2. The van der Waals surface area contributed by atoms with Crippen molar-refractivity contribution in [2.75, 3.05) is 13.2 Å². The highest BCUT2D eigenvalue weighted by Crippen LogP contribution is 2.22. The Bertz CT molecular complexity index is 651. The first-order valence-electron chi connectivity index (χ1n) is 8.50. The molecule has 2 N–H and O–H groups in total. The highest BCUT2D eigenvalue weighted by Gasteiger charge is 2.18. The SMILES string of the molecule is Cc1ccc([C@@H](NC(=S)NC[C@@H]2CCCO2)c2ccccc2)cc1. The van der Waals surface area contributed by atoms with Crippen LogP contribution in [0.3, 0.4) is 0 Å². The first-order valence-corrected chi connectivity index (χ1v) is 8.90. The minimum atomic E-state index is 0.0382. The van der Waals surface area contributed by atoms with E-state index in [9.17, 15) is 0 Å². The Morgan fingerprint density at radius 3 is 2.50 bits per heavy atom. The van der Waals surface area contributed by atoms with Gasteiger partial charge in [0.2, 0.25) is 0 Å². The predicted octanol–water partition coefficient (Wildman–Crippen LogP) is 3.73. The second-order valence-corrected chi connectivity index (χ2v) is 6.65. The van der Waals surface area contributed by atoms with Crippen LogP contribution < -0.4 is 10.6 Å². The summed E-state index contributed by atoms with van der Waals surface area (Å²) in [6.07, 6.45) is 2.53. The van der Waals surface area contributed by atoms with Crippen molar-refractivity contribution in [2.45, 2.75) is 31.9 Å². The minimum Gasteiger partial charge on any atom is -0.376 e. The van der Waals surface area contributed by atoms with Gasteiger partial charge in [0.05, 0.1) is 12.1 Å². The molecule has 0 amide bonds. The molecule has 0 aromatic heterocycles. The van der Waals surface area contributed by atoms with E-state index in [1.807, 2.05) is 6.07 Å². The Kier molecular flexibility index (Phi) is 5.83. The third-order valence-corrected chi connectivity index (χ3v) is 4.60. The molecule has 2 atom stereocenters. The van der Waals surface area contributed by atoms with Gasteiger partial charge in [0.25, 0.3) is 0 Å². The molecule has 2 aromatic carbocycles. The van der Waals surface area contributed by atoms with Gasteiger partial charge in [-0.05, 0) is 43.1 Å². The molecule has 24 heavy (non-hydrogen) atoms. The number of thiocarbonyl (C=S) groups is 1. The zero-order valence-corrected chi connectivity index (χ0v) is 14.8. The van der Waals surface area contributed by atoms with Gasteiger partial charge in [-0.25, -0.2) is 0 Å². The van der Waals surface area contributed by atoms with Gasteiger partial charge in [-0.1, -0.05) is 60.2 Å². The van der Waals surface area contributed by atoms with E-state index < -0.39 is 0 Å². The average molecular weight is 340 g/mol. The van der Waals surface area contributed by atoms with E-state index in [0.717, 1.165) is 26.0 Å². The van der Waals surface area contributed by atoms with Crippen LogP contribution in [0.1, 0.15) is 35.6 Å². The van der Waals surface area contributed by atoms with E-state index in [4.69, 9.17) is 17.0 Å². The molecule has 0 aliphatic carbocycles. The van der Waals surface area contributed by atoms with Crippen molar-refractivity contribution in [3.8, 4) is 0 Å². The molecule has 1 saturated heterocycles. The number of nitrogens with one attached hydrogen (secondary N) is 2. The number of aryl methyl sites for hydroxylation is 1. The van der Waals surface area contributed by atoms with Gasteiger partial charge < -0.3 is 15.4 Å². The summed E-state index contributed by atoms with van der Waals surface area (Å²) in [6.45, 7) is 3.73. The summed E-state index contributed by atoms with van der Waals surface area (Å²) >= 11 is 5.51. The third-order valence-electron chi connectivity index (χ3n) is 4.33. The Morgan fingerprint density at radius 1 is 1.12 bits per heavy atom. The van der Waals surface area contributed by atoms with Crippen LogP contribution in [0.5, 0.6) is 0 Å². The van der Waals surface area contributed by atoms with Crippen molar-refractivity contribution < 1.29 is 4.74 Å². The number of ether oxygens (including phenoxy) is 1. The fourth-order valence-electron chi connectivity index (χ4n) is 2.96. The van der Waals surface area contributed by atoms with Crippen molar-refractivity contribution in [1.82, 2.24) is 10.6 Å². The summed E-state index contributed by atoms with van der Waals surface area (Å²) in [4.78, 5) is 0. The van der Waals surface area contributed by atoms with Crippen molar-refractivity contribution in [3.05, 3.63) is 71.3 Å². The maximum atomic E-state index is 5.64.